The molecule has 9 nitrogen and oxygen atoms in total. The maximum absolute atomic E-state index is 13.3. The second-order valence-electron chi connectivity index (χ2n) is 6.59. The van der Waals surface area contributed by atoms with E-state index in [0.717, 1.165) is 5.56 Å². The molecule has 1 saturated heterocycles. The lowest BCUT2D eigenvalue weighted by Crippen LogP contribution is -2.46. The van der Waals surface area contributed by atoms with Gasteiger partial charge in [0.15, 0.2) is 21.3 Å². The molecule has 1 aliphatic rings. The fraction of sp³-hybridized carbons (Fsp3) is 0.316. The SMILES string of the molecule is C=CC(N1CCOCC1)S(=O)(=O)c1ccc(C)c(-c2cnc(N)c(C(=O)O)n2)c1. The van der Waals surface area contributed by atoms with Crippen molar-refractivity contribution in [1.82, 2.24) is 14.9 Å². The molecule has 1 unspecified atom stereocenters. The topological polar surface area (TPSA) is 136 Å². The summed E-state index contributed by atoms with van der Waals surface area (Å²) in [5, 5.41) is 8.34. The van der Waals surface area contributed by atoms with Crippen LogP contribution in [0.4, 0.5) is 5.82 Å². The minimum absolute atomic E-state index is 0.0880. The van der Waals surface area contributed by atoms with Crippen LogP contribution in [0.2, 0.25) is 0 Å². The van der Waals surface area contributed by atoms with Crippen molar-refractivity contribution in [2.75, 3.05) is 32.0 Å². The van der Waals surface area contributed by atoms with Gasteiger partial charge in [-0.05, 0) is 24.6 Å². The van der Waals surface area contributed by atoms with Crippen molar-refractivity contribution in [3.05, 3.63) is 48.3 Å². The number of carboxylic acids is 1. The van der Waals surface area contributed by atoms with Crippen molar-refractivity contribution in [2.24, 2.45) is 0 Å². The van der Waals surface area contributed by atoms with Crippen molar-refractivity contribution >= 4 is 21.6 Å². The fourth-order valence-corrected chi connectivity index (χ4v) is 4.86. The van der Waals surface area contributed by atoms with E-state index in [9.17, 15) is 18.3 Å². The molecule has 2 heterocycles. The summed E-state index contributed by atoms with van der Waals surface area (Å²) in [5.41, 5.74) is 6.60. The Morgan fingerprint density at radius 3 is 2.69 bits per heavy atom. The number of carboxylic acid groups (broad SMARTS) is 1. The summed E-state index contributed by atoms with van der Waals surface area (Å²) in [6, 6.07) is 4.65. The molecule has 1 aliphatic heterocycles. The Morgan fingerprint density at radius 1 is 1.38 bits per heavy atom. The van der Waals surface area contributed by atoms with E-state index >= 15 is 0 Å². The molecule has 1 atom stereocenters. The number of hydrogen-bond acceptors (Lipinski definition) is 8. The van der Waals surface area contributed by atoms with E-state index in [2.05, 4.69) is 16.5 Å². The average Bonchev–Trinajstić information content (AvgIpc) is 2.69. The third-order valence-corrected chi connectivity index (χ3v) is 6.78. The van der Waals surface area contributed by atoms with E-state index in [-0.39, 0.29) is 22.1 Å². The van der Waals surface area contributed by atoms with Crippen LogP contribution in [0.15, 0.2) is 41.9 Å². The number of carbonyl (C=O) groups is 1. The van der Waals surface area contributed by atoms with Crippen LogP contribution in [-0.4, -0.2) is 66.0 Å². The van der Waals surface area contributed by atoms with Crippen LogP contribution in [0.25, 0.3) is 11.3 Å². The van der Waals surface area contributed by atoms with E-state index in [1.165, 1.54) is 24.4 Å². The number of aryl methyl sites for hydroxylation is 1. The number of anilines is 1. The first-order valence-electron chi connectivity index (χ1n) is 8.90. The first kappa shape index (κ1) is 20.9. The van der Waals surface area contributed by atoms with Crippen LogP contribution in [0, 0.1) is 6.92 Å². The first-order valence-corrected chi connectivity index (χ1v) is 10.5. The molecule has 1 aromatic carbocycles. The largest absolute Gasteiger partial charge is 0.476 e. The Morgan fingerprint density at radius 2 is 2.07 bits per heavy atom. The zero-order valence-electron chi connectivity index (χ0n) is 15.9. The molecule has 0 bridgehead atoms. The highest BCUT2D eigenvalue weighted by Gasteiger charge is 2.32. The van der Waals surface area contributed by atoms with E-state index < -0.39 is 21.2 Å². The van der Waals surface area contributed by atoms with Crippen molar-refractivity contribution < 1.29 is 23.1 Å². The summed E-state index contributed by atoms with van der Waals surface area (Å²) in [4.78, 5) is 21.1. The third-order valence-electron chi connectivity index (χ3n) is 4.74. The molecule has 0 radical (unpaired) electrons. The molecule has 3 N–H and O–H groups in total. The maximum Gasteiger partial charge on any atom is 0.358 e. The average molecular weight is 418 g/mol. The standard InChI is InChI=1S/C19H22N4O5S/c1-3-16(23-6-8-28-9-7-23)29(26,27)13-5-4-12(2)14(10-13)15-11-21-18(20)17(22-15)19(24)25/h3-5,10-11,16H,1,6-9H2,2H3,(H2,20,21)(H,24,25). The lowest BCUT2D eigenvalue weighted by atomic mass is 10.1. The van der Waals surface area contributed by atoms with Gasteiger partial charge in [0.1, 0.15) is 5.37 Å². The Balaban J connectivity index is 2.05. The van der Waals surface area contributed by atoms with Crippen molar-refractivity contribution in [3.63, 3.8) is 0 Å². The minimum atomic E-state index is -3.77. The van der Waals surface area contributed by atoms with Crippen molar-refractivity contribution in [2.45, 2.75) is 17.2 Å². The smallest absolute Gasteiger partial charge is 0.358 e. The molecular formula is C19H22N4O5S. The van der Waals surface area contributed by atoms with Gasteiger partial charge in [0.05, 0.1) is 30.0 Å². The second-order valence-corrected chi connectivity index (χ2v) is 8.63. The number of benzene rings is 1. The summed E-state index contributed by atoms with van der Waals surface area (Å²) < 4.78 is 31.9. The van der Waals surface area contributed by atoms with E-state index in [1.54, 1.807) is 17.9 Å². The molecule has 0 aliphatic carbocycles. The highest BCUT2D eigenvalue weighted by Crippen LogP contribution is 2.28. The number of rotatable bonds is 6. The molecule has 0 amide bonds. The predicted octanol–water partition coefficient (Wildman–Crippen LogP) is 1.35. The molecule has 0 saturated carbocycles. The van der Waals surface area contributed by atoms with Crippen molar-refractivity contribution in [1.29, 1.82) is 0 Å². The number of sulfone groups is 1. The Labute approximate surface area is 168 Å². The van der Waals surface area contributed by atoms with Crippen LogP contribution < -0.4 is 5.73 Å². The Bertz CT molecular complexity index is 1050. The third kappa shape index (κ3) is 4.14. The first-order chi connectivity index (χ1) is 13.8. The normalized spacial score (nSPS) is 16.3. The van der Waals surface area contributed by atoms with Gasteiger partial charge in [0.25, 0.3) is 0 Å². The molecule has 3 rings (SSSR count). The van der Waals surface area contributed by atoms with Gasteiger partial charge < -0.3 is 15.6 Å². The van der Waals surface area contributed by atoms with Crippen LogP contribution in [-0.2, 0) is 14.6 Å². The van der Waals surface area contributed by atoms with Gasteiger partial charge in [0.2, 0.25) is 0 Å². The second kappa shape index (κ2) is 8.27. The Hall–Kier alpha value is -2.82. The summed E-state index contributed by atoms with van der Waals surface area (Å²) >= 11 is 0. The van der Waals surface area contributed by atoms with Crippen molar-refractivity contribution in [3.8, 4) is 11.3 Å². The molecule has 29 heavy (non-hydrogen) atoms. The minimum Gasteiger partial charge on any atom is -0.476 e. The fourth-order valence-electron chi connectivity index (χ4n) is 3.18. The molecule has 154 valence electrons. The number of nitrogen functional groups attached to an aromatic ring is 1. The van der Waals surface area contributed by atoms with E-state index in [1.807, 2.05) is 0 Å². The zero-order valence-corrected chi connectivity index (χ0v) is 16.7. The molecule has 0 spiro atoms. The van der Waals surface area contributed by atoms with Gasteiger partial charge in [-0.25, -0.2) is 23.2 Å². The Kier molecular flexibility index (Phi) is 5.96. The lowest BCUT2D eigenvalue weighted by Gasteiger charge is -2.32. The van der Waals surface area contributed by atoms with Crippen LogP contribution in [0.5, 0.6) is 0 Å². The number of aromatic carboxylic acids is 1. The number of hydrogen-bond donors (Lipinski definition) is 2. The number of morpholine rings is 1. The highest BCUT2D eigenvalue weighted by molar-refractivity contribution is 7.92. The van der Waals surface area contributed by atoms with Gasteiger partial charge in [-0.1, -0.05) is 12.1 Å². The molecule has 2 aromatic rings. The quantitative estimate of drug-likeness (QED) is 0.666. The van der Waals surface area contributed by atoms with Gasteiger partial charge in [0, 0.05) is 18.7 Å². The van der Waals surface area contributed by atoms with Crippen LogP contribution in [0.1, 0.15) is 16.1 Å². The molecule has 1 fully saturated rings. The number of nitrogens with zero attached hydrogens (tertiary/aromatic N) is 3. The number of ether oxygens (including phenoxy) is 1. The lowest BCUT2D eigenvalue weighted by molar-refractivity contribution is 0.0374. The van der Waals surface area contributed by atoms with Crippen LogP contribution >= 0.6 is 0 Å². The van der Waals surface area contributed by atoms with Gasteiger partial charge >= 0.3 is 5.97 Å². The predicted molar refractivity (Wildman–Crippen MR) is 107 cm³/mol. The van der Waals surface area contributed by atoms with Gasteiger partial charge in [-0.3, -0.25) is 4.90 Å². The molecular weight excluding hydrogens is 396 g/mol. The monoisotopic (exact) mass is 418 g/mol. The summed E-state index contributed by atoms with van der Waals surface area (Å²) in [6.07, 6.45) is 2.74. The van der Waals surface area contributed by atoms with Gasteiger partial charge in [-0.2, -0.15) is 0 Å². The number of nitrogens with two attached hydrogens (primary N) is 1. The summed E-state index contributed by atoms with van der Waals surface area (Å²) in [5.74, 6) is -1.51. The van der Waals surface area contributed by atoms with E-state index in [4.69, 9.17) is 10.5 Å². The van der Waals surface area contributed by atoms with Crippen LogP contribution in [0.3, 0.4) is 0 Å². The molecule has 10 heteroatoms. The summed E-state index contributed by atoms with van der Waals surface area (Å²) in [7, 11) is -3.77. The number of aromatic nitrogens is 2. The van der Waals surface area contributed by atoms with Gasteiger partial charge in [-0.15, -0.1) is 6.58 Å². The zero-order chi connectivity index (χ0) is 21.2. The molecule has 1 aromatic heterocycles. The summed E-state index contributed by atoms with van der Waals surface area (Å²) in [6.45, 7) is 7.36. The maximum atomic E-state index is 13.3. The van der Waals surface area contributed by atoms with E-state index in [0.29, 0.717) is 31.9 Å². The highest BCUT2D eigenvalue weighted by atomic mass is 32.2.